The van der Waals surface area contributed by atoms with Gasteiger partial charge in [0.05, 0.1) is 6.10 Å². The van der Waals surface area contributed by atoms with Crippen LogP contribution in [0.1, 0.15) is 130 Å². The Morgan fingerprint density at radius 3 is 1.30 bits per heavy atom. The molecule has 0 bridgehead atoms. The molecular formula is C22H46O. The Kier molecular flexibility index (Phi) is 20.0. The zero-order chi connectivity index (χ0) is 17.0. The monoisotopic (exact) mass is 326 g/mol. The summed E-state index contributed by atoms with van der Waals surface area (Å²) >= 11 is 0. The van der Waals surface area contributed by atoms with Crippen LogP contribution in [0.4, 0.5) is 0 Å². The second-order valence-electron chi connectivity index (χ2n) is 7.42. The van der Waals surface area contributed by atoms with Crippen molar-refractivity contribution in [3.05, 3.63) is 0 Å². The standard InChI is InChI=1S/C22H46O/c1-4-6-7-8-9-10-11-12-13-14-15-16-17-18-19-20-22(3)23-21-5-2/h22H,4-21H2,1-3H3. The van der Waals surface area contributed by atoms with E-state index >= 15 is 0 Å². The van der Waals surface area contributed by atoms with Crippen molar-refractivity contribution < 1.29 is 4.74 Å². The molecule has 1 unspecified atom stereocenters. The molecule has 0 radical (unpaired) electrons. The van der Waals surface area contributed by atoms with Crippen molar-refractivity contribution >= 4 is 0 Å². The molecule has 0 aromatic carbocycles. The van der Waals surface area contributed by atoms with E-state index < -0.39 is 0 Å². The van der Waals surface area contributed by atoms with Gasteiger partial charge >= 0.3 is 0 Å². The van der Waals surface area contributed by atoms with Gasteiger partial charge < -0.3 is 4.74 Å². The first kappa shape index (κ1) is 23.0. The number of hydrogen-bond donors (Lipinski definition) is 0. The molecule has 0 saturated heterocycles. The Labute approximate surface area is 148 Å². The molecule has 0 aromatic rings. The van der Waals surface area contributed by atoms with Crippen molar-refractivity contribution in [3.63, 3.8) is 0 Å². The summed E-state index contributed by atoms with van der Waals surface area (Å²) in [6, 6.07) is 0. The molecule has 0 aromatic heterocycles. The SMILES string of the molecule is CCCCCCCCCCCCCCCCCC(C)OCCC. The van der Waals surface area contributed by atoms with E-state index in [1.54, 1.807) is 0 Å². The van der Waals surface area contributed by atoms with Crippen molar-refractivity contribution in [3.8, 4) is 0 Å². The fourth-order valence-corrected chi connectivity index (χ4v) is 3.21. The second kappa shape index (κ2) is 20.0. The van der Waals surface area contributed by atoms with Gasteiger partial charge in [0.1, 0.15) is 0 Å². The van der Waals surface area contributed by atoms with E-state index in [1.807, 2.05) is 0 Å². The highest BCUT2D eigenvalue weighted by Crippen LogP contribution is 2.14. The van der Waals surface area contributed by atoms with E-state index in [9.17, 15) is 0 Å². The third kappa shape index (κ3) is 19.9. The van der Waals surface area contributed by atoms with Gasteiger partial charge in [-0.05, 0) is 19.8 Å². The number of hydrogen-bond acceptors (Lipinski definition) is 1. The second-order valence-corrected chi connectivity index (χ2v) is 7.42. The van der Waals surface area contributed by atoms with Crippen LogP contribution in [-0.4, -0.2) is 12.7 Å². The molecule has 0 rings (SSSR count). The van der Waals surface area contributed by atoms with Gasteiger partial charge in [-0.2, -0.15) is 0 Å². The Morgan fingerprint density at radius 2 is 0.913 bits per heavy atom. The molecule has 0 heterocycles. The maximum absolute atomic E-state index is 5.71. The maximum Gasteiger partial charge on any atom is 0.0547 e. The van der Waals surface area contributed by atoms with Gasteiger partial charge in [0.15, 0.2) is 0 Å². The molecule has 0 aliphatic carbocycles. The van der Waals surface area contributed by atoms with Crippen molar-refractivity contribution in [2.75, 3.05) is 6.61 Å². The van der Waals surface area contributed by atoms with Gasteiger partial charge in [-0.1, -0.05) is 110 Å². The van der Waals surface area contributed by atoms with E-state index in [1.165, 1.54) is 103 Å². The Bertz CT molecular complexity index is 202. The lowest BCUT2D eigenvalue weighted by molar-refractivity contribution is 0.0589. The van der Waals surface area contributed by atoms with Gasteiger partial charge in [0, 0.05) is 6.61 Å². The van der Waals surface area contributed by atoms with Gasteiger partial charge in [-0.25, -0.2) is 0 Å². The predicted octanol–water partition coefficient (Wildman–Crippen LogP) is 8.06. The molecule has 140 valence electrons. The lowest BCUT2D eigenvalue weighted by Crippen LogP contribution is -2.08. The van der Waals surface area contributed by atoms with Gasteiger partial charge in [-0.15, -0.1) is 0 Å². The molecule has 0 spiro atoms. The molecular weight excluding hydrogens is 280 g/mol. The highest BCUT2D eigenvalue weighted by atomic mass is 16.5. The predicted molar refractivity (Wildman–Crippen MR) is 105 cm³/mol. The van der Waals surface area contributed by atoms with E-state index in [2.05, 4.69) is 20.8 Å². The van der Waals surface area contributed by atoms with Crippen molar-refractivity contribution in [2.24, 2.45) is 0 Å². The molecule has 23 heavy (non-hydrogen) atoms. The normalized spacial score (nSPS) is 12.7. The van der Waals surface area contributed by atoms with Crippen LogP contribution in [0.15, 0.2) is 0 Å². The third-order valence-electron chi connectivity index (χ3n) is 4.82. The van der Waals surface area contributed by atoms with Crippen LogP contribution in [0.25, 0.3) is 0 Å². The van der Waals surface area contributed by atoms with Crippen LogP contribution < -0.4 is 0 Å². The number of unbranched alkanes of at least 4 members (excludes halogenated alkanes) is 14. The molecule has 0 amide bonds. The summed E-state index contributed by atoms with van der Waals surface area (Å²) in [6.45, 7) is 7.63. The minimum Gasteiger partial charge on any atom is -0.379 e. The molecule has 1 heteroatoms. The summed E-state index contributed by atoms with van der Waals surface area (Å²) < 4.78 is 5.71. The highest BCUT2D eigenvalue weighted by Gasteiger charge is 2.00. The average molecular weight is 327 g/mol. The number of ether oxygens (including phenoxy) is 1. The summed E-state index contributed by atoms with van der Waals surface area (Å²) in [4.78, 5) is 0. The summed E-state index contributed by atoms with van der Waals surface area (Å²) in [5.74, 6) is 0. The van der Waals surface area contributed by atoms with Crippen LogP contribution in [0.5, 0.6) is 0 Å². The van der Waals surface area contributed by atoms with Gasteiger partial charge in [0.2, 0.25) is 0 Å². The summed E-state index contributed by atoms with van der Waals surface area (Å²) in [5, 5.41) is 0. The first-order valence-corrected chi connectivity index (χ1v) is 10.9. The van der Waals surface area contributed by atoms with Crippen molar-refractivity contribution in [1.82, 2.24) is 0 Å². The molecule has 0 aliphatic rings. The Morgan fingerprint density at radius 1 is 0.522 bits per heavy atom. The summed E-state index contributed by atoms with van der Waals surface area (Å²) in [6.07, 6.45) is 24.5. The lowest BCUT2D eigenvalue weighted by Gasteiger charge is -2.11. The zero-order valence-electron chi connectivity index (χ0n) is 16.7. The third-order valence-corrected chi connectivity index (χ3v) is 4.82. The largest absolute Gasteiger partial charge is 0.379 e. The number of rotatable bonds is 19. The Balaban J connectivity index is 3.02. The van der Waals surface area contributed by atoms with Gasteiger partial charge in [-0.3, -0.25) is 0 Å². The summed E-state index contributed by atoms with van der Waals surface area (Å²) in [5.41, 5.74) is 0. The Hall–Kier alpha value is -0.0400. The molecule has 1 atom stereocenters. The fraction of sp³-hybridized carbons (Fsp3) is 1.00. The van der Waals surface area contributed by atoms with Crippen LogP contribution in [0.3, 0.4) is 0 Å². The van der Waals surface area contributed by atoms with E-state index in [0.717, 1.165) is 13.0 Å². The average Bonchev–Trinajstić information content (AvgIpc) is 2.56. The molecule has 0 fully saturated rings. The van der Waals surface area contributed by atoms with Gasteiger partial charge in [0.25, 0.3) is 0 Å². The van der Waals surface area contributed by atoms with E-state index in [4.69, 9.17) is 4.74 Å². The topological polar surface area (TPSA) is 9.23 Å². The lowest BCUT2D eigenvalue weighted by atomic mass is 10.0. The van der Waals surface area contributed by atoms with Crippen LogP contribution >= 0.6 is 0 Å². The highest BCUT2D eigenvalue weighted by molar-refractivity contribution is 4.53. The minimum absolute atomic E-state index is 0.469. The van der Waals surface area contributed by atoms with Crippen molar-refractivity contribution in [2.45, 2.75) is 136 Å². The molecule has 0 saturated carbocycles. The van der Waals surface area contributed by atoms with Crippen molar-refractivity contribution in [1.29, 1.82) is 0 Å². The van der Waals surface area contributed by atoms with Crippen LogP contribution in [0, 0.1) is 0 Å². The minimum atomic E-state index is 0.469. The smallest absolute Gasteiger partial charge is 0.0547 e. The maximum atomic E-state index is 5.71. The molecule has 0 N–H and O–H groups in total. The zero-order valence-corrected chi connectivity index (χ0v) is 16.7. The van der Waals surface area contributed by atoms with Crippen LogP contribution in [-0.2, 0) is 4.74 Å². The van der Waals surface area contributed by atoms with E-state index in [-0.39, 0.29) is 0 Å². The first-order valence-electron chi connectivity index (χ1n) is 10.9. The molecule has 1 nitrogen and oxygen atoms in total. The van der Waals surface area contributed by atoms with Crippen LogP contribution in [0.2, 0.25) is 0 Å². The summed E-state index contributed by atoms with van der Waals surface area (Å²) in [7, 11) is 0. The fourth-order valence-electron chi connectivity index (χ4n) is 3.21. The molecule has 0 aliphatic heterocycles. The first-order chi connectivity index (χ1) is 11.3. The quantitative estimate of drug-likeness (QED) is 0.218. The van der Waals surface area contributed by atoms with E-state index in [0.29, 0.717) is 6.10 Å².